The Morgan fingerprint density at radius 3 is 2.39 bits per heavy atom. The monoisotopic (exact) mass is 461 g/mol. The summed E-state index contributed by atoms with van der Waals surface area (Å²) in [6, 6.07) is 7.18. The van der Waals surface area contributed by atoms with Crippen LogP contribution in [-0.4, -0.2) is 85.8 Å². The van der Waals surface area contributed by atoms with Crippen LogP contribution in [0.3, 0.4) is 0 Å². The van der Waals surface area contributed by atoms with Gasteiger partial charge < -0.3 is 25.4 Å². The van der Waals surface area contributed by atoms with Crippen LogP contribution in [0.25, 0.3) is 0 Å². The molecule has 2 aliphatic heterocycles. The Bertz CT molecular complexity index is 854. The van der Waals surface area contributed by atoms with Gasteiger partial charge in [-0.1, -0.05) is 30.3 Å². The number of ether oxygens (including phenoxy) is 2. The van der Waals surface area contributed by atoms with Crippen molar-refractivity contribution in [2.45, 2.75) is 38.0 Å². The lowest BCUT2D eigenvalue weighted by Crippen LogP contribution is -2.56. The highest BCUT2D eigenvalue weighted by molar-refractivity contribution is 5.97. The maximum atomic E-state index is 12.8. The maximum absolute atomic E-state index is 12.8. The summed E-state index contributed by atoms with van der Waals surface area (Å²) >= 11 is 0. The second-order valence-electron chi connectivity index (χ2n) is 8.32. The fourth-order valence-electron chi connectivity index (χ4n) is 3.36. The molecule has 3 rings (SSSR count). The van der Waals surface area contributed by atoms with E-state index < -0.39 is 35.5 Å². The first-order valence-electron chi connectivity index (χ1n) is 11.0. The third-order valence-electron chi connectivity index (χ3n) is 5.47. The molecular formula is C22H31N5O6. The van der Waals surface area contributed by atoms with Gasteiger partial charge in [0.25, 0.3) is 0 Å². The minimum Gasteiger partial charge on any atom is -0.379 e. The molecule has 0 spiro atoms. The fourth-order valence-corrected chi connectivity index (χ4v) is 3.36. The molecule has 11 heteroatoms. The average molecular weight is 462 g/mol. The predicted octanol–water partition coefficient (Wildman–Crippen LogP) is -0.877. The lowest BCUT2D eigenvalue weighted by atomic mass is 9.95. The number of rotatable bonds is 10. The Morgan fingerprint density at radius 1 is 1.09 bits per heavy atom. The number of nitrogens with one attached hydrogen (secondary N) is 4. The smallest absolute Gasteiger partial charge is 0.329 e. The molecule has 0 radical (unpaired) electrons. The molecule has 0 unspecified atom stereocenters. The summed E-state index contributed by atoms with van der Waals surface area (Å²) in [5.41, 5.74) is 2.66. The Kier molecular flexibility index (Phi) is 8.37. The highest BCUT2D eigenvalue weighted by Crippen LogP contribution is 2.29. The first kappa shape index (κ1) is 24.6. The highest BCUT2D eigenvalue weighted by atomic mass is 16.6. The number of carbonyl (C=O) groups excluding carboxylic acids is 4. The molecule has 11 nitrogen and oxygen atoms in total. The van der Waals surface area contributed by atoms with Gasteiger partial charge >= 0.3 is 6.03 Å². The number of Topliss-reactive ketones (excluding diaryl/α,β-unsaturated/α-hetero) is 1. The molecule has 4 N–H and O–H groups in total. The Balaban J connectivity index is 1.45. The molecule has 0 saturated carbocycles. The van der Waals surface area contributed by atoms with Gasteiger partial charge in [-0.2, -0.15) is 0 Å². The van der Waals surface area contributed by atoms with E-state index in [0.29, 0.717) is 39.3 Å². The molecule has 2 aliphatic rings. The Hall–Kier alpha value is -3.02. The fraction of sp³-hybridized carbons (Fsp3) is 0.545. The second-order valence-corrected chi connectivity index (χ2v) is 8.32. The van der Waals surface area contributed by atoms with Crippen molar-refractivity contribution in [1.29, 1.82) is 0 Å². The van der Waals surface area contributed by atoms with Crippen molar-refractivity contribution >= 4 is 23.6 Å². The van der Waals surface area contributed by atoms with Gasteiger partial charge in [0.15, 0.2) is 5.78 Å². The zero-order valence-corrected chi connectivity index (χ0v) is 18.9. The van der Waals surface area contributed by atoms with Crippen molar-refractivity contribution in [3.63, 3.8) is 0 Å². The standard InChI is InChI=1S/C22H31N5O6/c1-15(24-21(31)26-27-8-10-32-11-9-27)20(30)23-13-18(28)25-17(19(29)22(2)14-33-22)12-16-6-4-3-5-7-16/h3-7,15,17H,8-14H2,1-2H3,(H,23,30)(H,25,28)(H2,24,26,31)/t15-,17-,22+/m0/s1. The largest absolute Gasteiger partial charge is 0.379 e. The van der Waals surface area contributed by atoms with E-state index >= 15 is 0 Å². The first-order chi connectivity index (χ1) is 15.8. The van der Waals surface area contributed by atoms with Gasteiger partial charge in [0, 0.05) is 13.1 Å². The van der Waals surface area contributed by atoms with E-state index in [9.17, 15) is 19.2 Å². The number of morpholine rings is 1. The zero-order valence-electron chi connectivity index (χ0n) is 18.9. The van der Waals surface area contributed by atoms with Gasteiger partial charge in [0.1, 0.15) is 11.6 Å². The summed E-state index contributed by atoms with van der Waals surface area (Å²) < 4.78 is 10.5. The first-order valence-corrected chi connectivity index (χ1v) is 11.0. The molecule has 1 aromatic carbocycles. The summed E-state index contributed by atoms with van der Waals surface area (Å²) in [4.78, 5) is 49.6. The maximum Gasteiger partial charge on any atom is 0.329 e. The van der Waals surface area contributed by atoms with Crippen LogP contribution < -0.4 is 21.4 Å². The lowest BCUT2D eigenvalue weighted by molar-refractivity contribution is -0.131. The number of nitrogens with zero attached hydrogens (tertiary/aromatic N) is 1. The number of hydrogen-bond acceptors (Lipinski definition) is 7. The number of benzene rings is 1. The molecule has 2 fully saturated rings. The van der Waals surface area contributed by atoms with E-state index in [-0.39, 0.29) is 12.3 Å². The summed E-state index contributed by atoms with van der Waals surface area (Å²) in [5, 5.41) is 9.41. The van der Waals surface area contributed by atoms with E-state index in [4.69, 9.17) is 9.47 Å². The van der Waals surface area contributed by atoms with Crippen molar-refractivity contribution in [3.05, 3.63) is 35.9 Å². The van der Waals surface area contributed by atoms with Crippen LogP contribution in [0, 0.1) is 0 Å². The van der Waals surface area contributed by atoms with Crippen LogP contribution in [0.1, 0.15) is 19.4 Å². The van der Waals surface area contributed by atoms with Gasteiger partial charge in [-0.25, -0.2) is 9.80 Å². The van der Waals surface area contributed by atoms with Crippen molar-refractivity contribution in [2.24, 2.45) is 0 Å². The molecule has 2 saturated heterocycles. The second kappa shape index (κ2) is 11.2. The van der Waals surface area contributed by atoms with Gasteiger partial charge in [-0.05, 0) is 25.8 Å². The van der Waals surface area contributed by atoms with Crippen molar-refractivity contribution in [1.82, 2.24) is 26.4 Å². The van der Waals surface area contributed by atoms with Crippen molar-refractivity contribution in [3.8, 4) is 0 Å². The van der Waals surface area contributed by atoms with Crippen LogP contribution in [-0.2, 0) is 30.3 Å². The Morgan fingerprint density at radius 2 is 1.76 bits per heavy atom. The molecule has 33 heavy (non-hydrogen) atoms. The summed E-state index contributed by atoms with van der Waals surface area (Å²) in [6.45, 7) is 5.35. The van der Waals surface area contributed by atoms with Gasteiger partial charge in [0.05, 0.1) is 32.4 Å². The molecule has 0 aromatic heterocycles. The molecular weight excluding hydrogens is 430 g/mol. The quantitative estimate of drug-likeness (QED) is 0.332. The number of hydrazine groups is 1. The number of ketones is 1. The molecule has 4 amide bonds. The average Bonchev–Trinajstić information content (AvgIpc) is 3.56. The number of hydrogen-bond donors (Lipinski definition) is 4. The zero-order chi connectivity index (χ0) is 23.8. The van der Waals surface area contributed by atoms with E-state index in [1.54, 1.807) is 11.9 Å². The van der Waals surface area contributed by atoms with Gasteiger partial charge in [0.2, 0.25) is 11.8 Å². The van der Waals surface area contributed by atoms with Crippen LogP contribution >= 0.6 is 0 Å². The minimum absolute atomic E-state index is 0.208. The van der Waals surface area contributed by atoms with E-state index in [2.05, 4.69) is 21.4 Å². The lowest BCUT2D eigenvalue weighted by Gasteiger charge is -2.27. The predicted molar refractivity (Wildman–Crippen MR) is 118 cm³/mol. The number of urea groups is 1. The third kappa shape index (κ3) is 7.52. The van der Waals surface area contributed by atoms with Crippen LogP contribution in [0.2, 0.25) is 0 Å². The summed E-state index contributed by atoms with van der Waals surface area (Å²) in [7, 11) is 0. The minimum atomic E-state index is -0.887. The molecule has 3 atom stereocenters. The molecule has 180 valence electrons. The summed E-state index contributed by atoms with van der Waals surface area (Å²) in [5.74, 6) is -1.24. The van der Waals surface area contributed by atoms with E-state index in [1.807, 2.05) is 30.3 Å². The van der Waals surface area contributed by atoms with Crippen LogP contribution in [0.4, 0.5) is 4.79 Å². The third-order valence-corrected chi connectivity index (χ3v) is 5.47. The van der Waals surface area contributed by atoms with Crippen LogP contribution in [0.15, 0.2) is 30.3 Å². The number of epoxide rings is 1. The Labute approximate surface area is 192 Å². The topological polar surface area (TPSA) is 141 Å². The highest BCUT2D eigenvalue weighted by Gasteiger charge is 2.50. The van der Waals surface area contributed by atoms with E-state index in [1.165, 1.54) is 6.92 Å². The van der Waals surface area contributed by atoms with Crippen molar-refractivity contribution in [2.75, 3.05) is 39.5 Å². The number of amides is 4. The summed E-state index contributed by atoms with van der Waals surface area (Å²) in [6.07, 6.45) is 0.317. The number of carbonyl (C=O) groups is 4. The molecule has 0 bridgehead atoms. The SMILES string of the molecule is C[C@H](NC(=O)NN1CCOCC1)C(=O)NCC(=O)N[C@@H](Cc1ccccc1)C(=O)[C@@]1(C)CO1. The molecule has 2 heterocycles. The van der Waals surface area contributed by atoms with E-state index in [0.717, 1.165) is 5.56 Å². The normalized spacial score (nSPS) is 21.9. The molecule has 1 aromatic rings. The molecule has 0 aliphatic carbocycles. The van der Waals surface area contributed by atoms with Crippen molar-refractivity contribution < 1.29 is 28.7 Å². The van der Waals surface area contributed by atoms with Gasteiger partial charge in [-0.3, -0.25) is 19.8 Å². The van der Waals surface area contributed by atoms with Gasteiger partial charge in [-0.15, -0.1) is 0 Å². The van der Waals surface area contributed by atoms with Crippen LogP contribution in [0.5, 0.6) is 0 Å².